The van der Waals surface area contributed by atoms with Gasteiger partial charge in [-0.05, 0) is 22.3 Å². The Labute approximate surface area is 299 Å². The summed E-state index contributed by atoms with van der Waals surface area (Å²) in [6, 6.07) is 36.8. The highest BCUT2D eigenvalue weighted by atomic mass is 32.2. The molecule has 5 rings (SSSR count). The molecular formula is C38H39N7O5S. The molecule has 0 radical (unpaired) electrons. The van der Waals surface area contributed by atoms with E-state index < -0.39 is 47.2 Å². The number of imidazole rings is 1. The van der Waals surface area contributed by atoms with E-state index in [4.69, 9.17) is 10.6 Å². The van der Waals surface area contributed by atoms with Gasteiger partial charge in [0.25, 0.3) is 5.91 Å². The summed E-state index contributed by atoms with van der Waals surface area (Å²) in [6.07, 6.45) is 2.27. The molecule has 4 amide bonds. The number of nitrogens with one attached hydrogen (secondary N) is 5. The number of hydrogen-bond donors (Lipinski definition) is 6. The van der Waals surface area contributed by atoms with Crippen molar-refractivity contribution in [3.8, 4) is 0 Å². The molecule has 0 bridgehead atoms. The maximum absolute atomic E-state index is 13.8. The Morgan fingerprint density at radius 1 is 0.745 bits per heavy atom. The van der Waals surface area contributed by atoms with Gasteiger partial charge in [-0.15, -0.1) is 11.8 Å². The molecule has 13 heteroatoms. The largest absolute Gasteiger partial charge is 0.445 e. The fourth-order valence-corrected chi connectivity index (χ4v) is 7.09. The minimum absolute atomic E-state index is 0.000524. The molecule has 5 aromatic rings. The highest BCUT2D eigenvalue weighted by molar-refractivity contribution is 8.00. The first-order chi connectivity index (χ1) is 24.9. The lowest BCUT2D eigenvalue weighted by Gasteiger charge is -2.36. The monoisotopic (exact) mass is 705 g/mol. The SMILES string of the molecule is NNC(=O)C(Cc1cnc[nH]1)NC(=O)CNC(=O)C(CSC(c1ccccc1)(c1ccccc1)c1ccccc1)NC(=O)OCc1ccccc1. The van der Waals surface area contributed by atoms with E-state index in [0.717, 1.165) is 22.3 Å². The highest BCUT2D eigenvalue weighted by Gasteiger charge is 2.38. The van der Waals surface area contributed by atoms with Crippen LogP contribution < -0.4 is 27.2 Å². The summed E-state index contributed by atoms with van der Waals surface area (Å²) in [5.74, 6) is 3.55. The number of aromatic nitrogens is 2. The quantitative estimate of drug-likeness (QED) is 0.0390. The van der Waals surface area contributed by atoms with Crippen LogP contribution in [0.1, 0.15) is 27.9 Å². The molecular weight excluding hydrogens is 667 g/mol. The molecule has 12 nitrogen and oxygen atoms in total. The van der Waals surface area contributed by atoms with Gasteiger partial charge in [0.2, 0.25) is 11.8 Å². The number of ether oxygens (including phenoxy) is 1. The molecule has 0 saturated heterocycles. The van der Waals surface area contributed by atoms with E-state index in [1.165, 1.54) is 24.3 Å². The predicted octanol–water partition coefficient (Wildman–Crippen LogP) is 3.56. The second-order valence-corrected chi connectivity index (χ2v) is 12.7. The minimum atomic E-state index is -1.13. The number of nitrogens with two attached hydrogens (primary N) is 1. The van der Waals surface area contributed by atoms with Crippen molar-refractivity contribution in [3.05, 3.63) is 162 Å². The third-order valence-electron chi connectivity index (χ3n) is 8.02. The van der Waals surface area contributed by atoms with Gasteiger partial charge in [-0.1, -0.05) is 121 Å². The summed E-state index contributed by atoms with van der Waals surface area (Å²) in [4.78, 5) is 59.2. The molecule has 1 heterocycles. The van der Waals surface area contributed by atoms with E-state index in [9.17, 15) is 19.2 Å². The number of hydrazine groups is 1. The number of nitrogens with zero attached hydrogens (tertiary/aromatic N) is 1. The molecule has 51 heavy (non-hydrogen) atoms. The van der Waals surface area contributed by atoms with Crippen LogP contribution in [-0.2, 0) is 36.9 Å². The van der Waals surface area contributed by atoms with Gasteiger partial charge >= 0.3 is 6.09 Å². The third-order valence-corrected chi connectivity index (χ3v) is 9.66. The van der Waals surface area contributed by atoms with Gasteiger partial charge in [-0.2, -0.15) is 0 Å². The fraction of sp³-hybridized carbons (Fsp3) is 0.184. The van der Waals surface area contributed by atoms with Crippen LogP contribution in [0.2, 0.25) is 0 Å². The second-order valence-electron chi connectivity index (χ2n) is 11.5. The predicted molar refractivity (Wildman–Crippen MR) is 195 cm³/mol. The second kappa shape index (κ2) is 18.2. The van der Waals surface area contributed by atoms with Crippen molar-refractivity contribution < 1.29 is 23.9 Å². The Kier molecular flexibility index (Phi) is 13.0. The zero-order valence-corrected chi connectivity index (χ0v) is 28.5. The molecule has 262 valence electrons. The summed E-state index contributed by atoms with van der Waals surface area (Å²) in [5, 5.41) is 7.93. The Bertz CT molecular complexity index is 1750. The lowest BCUT2D eigenvalue weighted by atomic mass is 9.84. The number of aromatic amines is 1. The van der Waals surface area contributed by atoms with Crippen molar-refractivity contribution in [2.45, 2.75) is 29.9 Å². The number of amides is 4. The lowest BCUT2D eigenvalue weighted by molar-refractivity contribution is -0.130. The first-order valence-electron chi connectivity index (χ1n) is 16.2. The average Bonchev–Trinajstić information content (AvgIpc) is 3.70. The molecule has 7 N–H and O–H groups in total. The lowest BCUT2D eigenvalue weighted by Crippen LogP contribution is -2.54. The van der Waals surface area contributed by atoms with E-state index in [2.05, 4.69) is 25.9 Å². The summed E-state index contributed by atoms with van der Waals surface area (Å²) < 4.78 is 4.69. The number of carbonyl (C=O) groups excluding carboxylic acids is 4. The molecule has 4 aromatic carbocycles. The first kappa shape index (κ1) is 36.4. The number of rotatable bonds is 16. The first-order valence-corrected chi connectivity index (χ1v) is 17.2. The number of alkyl carbamates (subject to hydrolysis) is 1. The van der Waals surface area contributed by atoms with Gasteiger partial charge in [-0.25, -0.2) is 15.6 Å². The van der Waals surface area contributed by atoms with Crippen LogP contribution >= 0.6 is 11.8 Å². The van der Waals surface area contributed by atoms with Crippen LogP contribution in [0.4, 0.5) is 4.79 Å². The molecule has 0 saturated carbocycles. The van der Waals surface area contributed by atoms with E-state index in [0.29, 0.717) is 5.69 Å². The summed E-state index contributed by atoms with van der Waals surface area (Å²) in [6.45, 7) is -0.473. The van der Waals surface area contributed by atoms with Crippen molar-refractivity contribution in [1.29, 1.82) is 0 Å². The summed E-state index contributed by atoms with van der Waals surface area (Å²) in [5.41, 5.74) is 6.34. The molecule has 0 fully saturated rings. The van der Waals surface area contributed by atoms with Crippen molar-refractivity contribution >= 4 is 35.6 Å². The molecule has 2 unspecified atom stereocenters. The highest BCUT2D eigenvalue weighted by Crippen LogP contribution is 2.48. The Balaban J connectivity index is 1.38. The Hall–Kier alpha value is -5.92. The van der Waals surface area contributed by atoms with Crippen molar-refractivity contribution in [1.82, 2.24) is 31.3 Å². The normalized spacial score (nSPS) is 12.2. The fourth-order valence-electron chi connectivity index (χ4n) is 5.53. The van der Waals surface area contributed by atoms with Crippen molar-refractivity contribution in [2.75, 3.05) is 12.3 Å². The zero-order chi connectivity index (χ0) is 35.9. The van der Waals surface area contributed by atoms with Crippen LogP contribution in [-0.4, -0.2) is 58.2 Å². The Morgan fingerprint density at radius 2 is 1.29 bits per heavy atom. The third kappa shape index (κ3) is 9.84. The van der Waals surface area contributed by atoms with Crippen LogP contribution in [0.15, 0.2) is 134 Å². The van der Waals surface area contributed by atoms with Crippen molar-refractivity contribution in [3.63, 3.8) is 0 Å². The van der Waals surface area contributed by atoms with Crippen LogP contribution in [0.3, 0.4) is 0 Å². The van der Waals surface area contributed by atoms with E-state index in [1.54, 1.807) is 0 Å². The van der Waals surface area contributed by atoms with E-state index in [-0.39, 0.29) is 18.8 Å². The van der Waals surface area contributed by atoms with Gasteiger partial charge in [0.1, 0.15) is 18.7 Å². The van der Waals surface area contributed by atoms with Crippen LogP contribution in [0.25, 0.3) is 0 Å². The maximum atomic E-state index is 13.8. The van der Waals surface area contributed by atoms with Gasteiger partial charge in [0.15, 0.2) is 0 Å². The van der Waals surface area contributed by atoms with Gasteiger partial charge < -0.3 is 25.7 Å². The van der Waals surface area contributed by atoms with Crippen LogP contribution in [0.5, 0.6) is 0 Å². The number of benzene rings is 4. The molecule has 0 aliphatic heterocycles. The zero-order valence-electron chi connectivity index (χ0n) is 27.7. The van der Waals surface area contributed by atoms with Crippen LogP contribution in [0, 0.1) is 0 Å². The number of thioether (sulfide) groups is 1. The smallest absolute Gasteiger partial charge is 0.408 e. The van der Waals surface area contributed by atoms with Crippen molar-refractivity contribution in [2.24, 2.45) is 5.84 Å². The Morgan fingerprint density at radius 3 is 1.80 bits per heavy atom. The molecule has 2 atom stereocenters. The number of H-pyrrole nitrogens is 1. The number of hydrogen-bond acceptors (Lipinski definition) is 8. The molecule has 0 aliphatic carbocycles. The summed E-state index contributed by atoms with van der Waals surface area (Å²) >= 11 is 1.47. The van der Waals surface area contributed by atoms with E-state index >= 15 is 0 Å². The molecule has 0 aliphatic rings. The topological polar surface area (TPSA) is 180 Å². The maximum Gasteiger partial charge on any atom is 0.408 e. The molecule has 1 aromatic heterocycles. The van der Waals surface area contributed by atoms with Gasteiger partial charge in [-0.3, -0.25) is 19.8 Å². The summed E-state index contributed by atoms with van der Waals surface area (Å²) in [7, 11) is 0. The standard InChI is InChI=1S/C38H39N7O5S/c39-45-36(48)32(21-31-22-40-26-42-31)43-34(46)23-41-35(47)33(44-37(49)50-24-27-13-5-1-6-14-27)25-51-38(28-15-7-2-8-16-28,29-17-9-3-10-18-29)30-19-11-4-12-20-30/h1-20,22,26,32-33H,21,23-25,39H2,(H,40,42)(H,41,47)(H,43,46)(H,44,49)(H,45,48). The van der Waals surface area contributed by atoms with Gasteiger partial charge in [0.05, 0.1) is 17.6 Å². The van der Waals surface area contributed by atoms with E-state index in [1.807, 2.05) is 127 Å². The van der Waals surface area contributed by atoms with Gasteiger partial charge in [0, 0.05) is 24.1 Å². The minimum Gasteiger partial charge on any atom is -0.445 e. The molecule has 0 spiro atoms. The average molecular weight is 706 g/mol. The number of carbonyl (C=O) groups is 4.